The Kier molecular flexibility index (Phi) is 3.15. The molecule has 0 fully saturated rings. The Bertz CT molecular complexity index is 817. The van der Waals surface area contributed by atoms with Gasteiger partial charge in [0, 0.05) is 29.5 Å². The first kappa shape index (κ1) is 13.6. The number of ether oxygens (including phenoxy) is 1. The number of carbonyl (C=O) groups is 2. The molecule has 2 amide bonds. The third-order valence-corrected chi connectivity index (χ3v) is 3.95. The minimum Gasteiger partial charge on any atom is -0.482 e. The predicted octanol–water partition coefficient (Wildman–Crippen LogP) is 2.24. The molecule has 0 radical (unpaired) electrons. The van der Waals surface area contributed by atoms with Gasteiger partial charge in [0.1, 0.15) is 5.75 Å². The molecule has 0 aromatic heterocycles. The van der Waals surface area contributed by atoms with Crippen LogP contribution in [0.4, 0.5) is 17.1 Å². The van der Waals surface area contributed by atoms with E-state index in [-0.39, 0.29) is 18.4 Å². The number of anilines is 3. The van der Waals surface area contributed by atoms with Crippen molar-refractivity contribution < 1.29 is 14.3 Å². The Morgan fingerprint density at radius 3 is 2.91 bits per heavy atom. The average Bonchev–Trinajstić information content (AvgIpc) is 3.02. The van der Waals surface area contributed by atoms with Crippen LogP contribution in [0, 0.1) is 0 Å². The second-order valence-electron chi connectivity index (χ2n) is 5.55. The summed E-state index contributed by atoms with van der Waals surface area (Å²) in [5.41, 5.74) is 4.12. The van der Waals surface area contributed by atoms with Crippen molar-refractivity contribution >= 4 is 28.9 Å². The van der Waals surface area contributed by atoms with Gasteiger partial charge in [-0.3, -0.25) is 9.59 Å². The van der Waals surface area contributed by atoms with Gasteiger partial charge < -0.3 is 20.7 Å². The molecule has 0 spiro atoms. The molecule has 0 saturated heterocycles. The highest BCUT2D eigenvalue weighted by atomic mass is 16.5. The van der Waals surface area contributed by atoms with E-state index in [0.29, 0.717) is 22.7 Å². The highest BCUT2D eigenvalue weighted by Crippen LogP contribution is 2.31. The molecule has 6 heteroatoms. The normalized spacial score (nSPS) is 14.9. The molecule has 3 N–H and O–H groups in total. The van der Waals surface area contributed by atoms with Crippen LogP contribution < -0.4 is 20.7 Å². The number of amides is 2. The lowest BCUT2D eigenvalue weighted by Gasteiger charge is -2.18. The van der Waals surface area contributed by atoms with Crippen molar-refractivity contribution in [2.75, 3.05) is 29.1 Å². The largest absolute Gasteiger partial charge is 0.482 e. The number of nitrogens with one attached hydrogen (secondary N) is 3. The second kappa shape index (κ2) is 5.31. The Labute approximate surface area is 132 Å². The maximum atomic E-state index is 12.4. The van der Waals surface area contributed by atoms with Gasteiger partial charge in [-0.25, -0.2) is 0 Å². The van der Waals surface area contributed by atoms with Gasteiger partial charge in [-0.05, 0) is 42.3 Å². The Hall–Kier alpha value is -3.02. The maximum Gasteiger partial charge on any atom is 0.262 e. The van der Waals surface area contributed by atoms with E-state index >= 15 is 0 Å². The number of carbonyl (C=O) groups excluding carboxylic acids is 2. The molecule has 0 saturated carbocycles. The zero-order valence-electron chi connectivity index (χ0n) is 12.3. The van der Waals surface area contributed by atoms with E-state index in [1.807, 2.05) is 18.2 Å². The smallest absolute Gasteiger partial charge is 0.262 e. The monoisotopic (exact) mass is 309 g/mol. The first-order valence-corrected chi connectivity index (χ1v) is 7.44. The molecule has 116 valence electrons. The van der Waals surface area contributed by atoms with Crippen molar-refractivity contribution in [3.8, 4) is 5.75 Å². The van der Waals surface area contributed by atoms with Gasteiger partial charge in [0.05, 0.1) is 5.69 Å². The maximum absolute atomic E-state index is 12.4. The highest BCUT2D eigenvalue weighted by Gasteiger charge is 2.17. The summed E-state index contributed by atoms with van der Waals surface area (Å²) in [7, 11) is 0. The predicted molar refractivity (Wildman–Crippen MR) is 87.2 cm³/mol. The molecule has 0 unspecified atom stereocenters. The van der Waals surface area contributed by atoms with Crippen molar-refractivity contribution in [2.45, 2.75) is 6.42 Å². The van der Waals surface area contributed by atoms with Crippen LogP contribution in [-0.2, 0) is 11.2 Å². The quantitative estimate of drug-likeness (QED) is 0.795. The summed E-state index contributed by atoms with van der Waals surface area (Å²) in [6.45, 7) is 0.899. The molecule has 0 aliphatic carbocycles. The summed E-state index contributed by atoms with van der Waals surface area (Å²) in [6, 6.07) is 10.8. The fourth-order valence-electron chi connectivity index (χ4n) is 2.80. The van der Waals surface area contributed by atoms with Crippen molar-refractivity contribution in [1.82, 2.24) is 0 Å². The Morgan fingerprint density at radius 1 is 1.13 bits per heavy atom. The van der Waals surface area contributed by atoms with E-state index in [1.165, 1.54) is 0 Å². The fraction of sp³-hybridized carbons (Fsp3) is 0.176. The second-order valence-corrected chi connectivity index (χ2v) is 5.55. The van der Waals surface area contributed by atoms with Crippen molar-refractivity contribution in [3.63, 3.8) is 0 Å². The van der Waals surface area contributed by atoms with Crippen LogP contribution >= 0.6 is 0 Å². The lowest BCUT2D eigenvalue weighted by atomic mass is 10.1. The van der Waals surface area contributed by atoms with E-state index in [9.17, 15) is 9.59 Å². The summed E-state index contributed by atoms with van der Waals surface area (Å²) >= 11 is 0. The van der Waals surface area contributed by atoms with Crippen LogP contribution in [0.25, 0.3) is 0 Å². The third-order valence-electron chi connectivity index (χ3n) is 3.95. The van der Waals surface area contributed by atoms with Crippen LogP contribution in [0.1, 0.15) is 15.9 Å². The average molecular weight is 309 g/mol. The zero-order valence-corrected chi connectivity index (χ0v) is 12.3. The van der Waals surface area contributed by atoms with Crippen molar-refractivity contribution in [2.24, 2.45) is 0 Å². The van der Waals surface area contributed by atoms with E-state index in [0.717, 1.165) is 24.2 Å². The molecule has 6 nitrogen and oxygen atoms in total. The molecule has 2 aromatic carbocycles. The van der Waals surface area contributed by atoms with E-state index < -0.39 is 0 Å². The summed E-state index contributed by atoms with van der Waals surface area (Å²) in [4.78, 5) is 23.6. The summed E-state index contributed by atoms with van der Waals surface area (Å²) < 4.78 is 5.35. The summed E-state index contributed by atoms with van der Waals surface area (Å²) in [5.74, 6) is 0.209. The Balaban J connectivity index is 1.54. The van der Waals surface area contributed by atoms with E-state index in [4.69, 9.17) is 4.74 Å². The molecule has 0 bridgehead atoms. The first-order valence-electron chi connectivity index (χ1n) is 7.44. The molecular weight excluding hydrogens is 294 g/mol. The first-order chi connectivity index (χ1) is 11.2. The molecule has 2 aromatic rings. The van der Waals surface area contributed by atoms with Gasteiger partial charge in [-0.1, -0.05) is 0 Å². The molecule has 0 atom stereocenters. The van der Waals surface area contributed by atoms with Crippen LogP contribution in [0.5, 0.6) is 5.75 Å². The lowest BCUT2D eigenvalue weighted by molar-refractivity contribution is -0.118. The third kappa shape index (κ3) is 2.59. The zero-order chi connectivity index (χ0) is 15.8. The molecule has 2 heterocycles. The van der Waals surface area contributed by atoms with Crippen LogP contribution in [0.15, 0.2) is 36.4 Å². The van der Waals surface area contributed by atoms with E-state index in [2.05, 4.69) is 16.0 Å². The molecule has 2 aliphatic rings. The van der Waals surface area contributed by atoms with Crippen LogP contribution in [-0.4, -0.2) is 25.0 Å². The minimum absolute atomic E-state index is 0.0117. The molecule has 4 rings (SSSR count). The van der Waals surface area contributed by atoms with Gasteiger partial charge in [0.25, 0.3) is 11.8 Å². The van der Waals surface area contributed by atoms with Crippen molar-refractivity contribution in [1.29, 1.82) is 0 Å². The summed E-state index contributed by atoms with van der Waals surface area (Å²) in [5, 5.41) is 8.85. The number of hydrogen-bond acceptors (Lipinski definition) is 4. The van der Waals surface area contributed by atoms with Gasteiger partial charge >= 0.3 is 0 Å². The number of fused-ring (bicyclic) bond motifs is 2. The standard InChI is InChI=1S/C17H15N3O3/c21-16-9-23-15-8-12(2-4-14(15)20-16)19-17(22)11-1-3-13-10(7-11)5-6-18-13/h1-4,7-8,18H,5-6,9H2,(H,19,22)(H,20,21). The number of rotatable bonds is 2. The fourth-order valence-corrected chi connectivity index (χ4v) is 2.80. The Morgan fingerprint density at radius 2 is 2.00 bits per heavy atom. The molecule has 2 aliphatic heterocycles. The van der Waals surface area contributed by atoms with Gasteiger partial charge in [0.2, 0.25) is 0 Å². The number of hydrogen-bond donors (Lipinski definition) is 3. The van der Waals surface area contributed by atoms with Gasteiger partial charge in [-0.15, -0.1) is 0 Å². The topological polar surface area (TPSA) is 79.5 Å². The van der Waals surface area contributed by atoms with E-state index in [1.54, 1.807) is 18.2 Å². The van der Waals surface area contributed by atoms with Crippen LogP contribution in [0.3, 0.4) is 0 Å². The highest BCUT2D eigenvalue weighted by molar-refractivity contribution is 6.05. The van der Waals surface area contributed by atoms with Gasteiger partial charge in [0.15, 0.2) is 6.61 Å². The molecule has 23 heavy (non-hydrogen) atoms. The van der Waals surface area contributed by atoms with Crippen molar-refractivity contribution in [3.05, 3.63) is 47.5 Å². The molecular formula is C17H15N3O3. The SMILES string of the molecule is O=C1COc2cc(NC(=O)c3ccc4c(c3)CCN4)ccc2N1. The van der Waals surface area contributed by atoms with Gasteiger partial charge in [-0.2, -0.15) is 0 Å². The lowest BCUT2D eigenvalue weighted by Crippen LogP contribution is -2.25. The van der Waals surface area contributed by atoms with Crippen LogP contribution in [0.2, 0.25) is 0 Å². The number of benzene rings is 2. The minimum atomic E-state index is -0.180. The summed E-state index contributed by atoms with van der Waals surface area (Å²) in [6.07, 6.45) is 0.933.